The number of aryl methyl sites for hydroxylation is 1. The van der Waals surface area contributed by atoms with Crippen molar-refractivity contribution in [3.8, 4) is 6.07 Å². The molecule has 0 aliphatic carbocycles. The van der Waals surface area contributed by atoms with Crippen molar-refractivity contribution in [3.63, 3.8) is 0 Å². The largest absolute Gasteiger partial charge is 0.460 e. The van der Waals surface area contributed by atoms with E-state index >= 15 is 0 Å². The second kappa shape index (κ2) is 10.8. The monoisotopic (exact) mass is 462 g/mol. The molecule has 3 N–H and O–H groups in total. The highest BCUT2D eigenvalue weighted by atomic mass is 35.5. The molecule has 0 saturated heterocycles. The Labute approximate surface area is 194 Å². The molecule has 3 amide bonds. The lowest BCUT2D eigenvalue weighted by atomic mass is 10.2. The zero-order chi connectivity index (χ0) is 23.8. The lowest BCUT2D eigenvalue weighted by Crippen LogP contribution is -2.34. The highest BCUT2D eigenvalue weighted by molar-refractivity contribution is 6.39. The number of nitrogens with zero attached hydrogens (tertiary/aromatic N) is 1. The number of nitrogens with one attached hydrogen (secondary N) is 3. The smallest absolute Gasteiger partial charge is 0.313 e. The van der Waals surface area contributed by atoms with Gasteiger partial charge >= 0.3 is 11.8 Å². The van der Waals surface area contributed by atoms with Crippen LogP contribution >= 0.6 is 11.6 Å². The Bertz CT molecular complexity index is 1260. The van der Waals surface area contributed by atoms with Crippen LogP contribution in [0.2, 0.25) is 5.02 Å². The van der Waals surface area contributed by atoms with Crippen molar-refractivity contribution in [2.45, 2.75) is 13.5 Å². The zero-order valence-electron chi connectivity index (χ0n) is 17.5. The van der Waals surface area contributed by atoms with Gasteiger partial charge < -0.3 is 20.4 Å². The summed E-state index contributed by atoms with van der Waals surface area (Å²) < 4.78 is 5.52. The van der Waals surface area contributed by atoms with Gasteiger partial charge in [-0.25, -0.2) is 0 Å². The fourth-order valence-corrected chi connectivity index (χ4v) is 2.89. The molecule has 0 aliphatic heterocycles. The summed E-state index contributed by atoms with van der Waals surface area (Å²) in [5, 5.41) is 17.3. The van der Waals surface area contributed by atoms with Gasteiger partial charge in [0.2, 0.25) is 0 Å². The number of rotatable bonds is 6. The van der Waals surface area contributed by atoms with Gasteiger partial charge in [-0.15, -0.1) is 0 Å². The van der Waals surface area contributed by atoms with Crippen LogP contribution in [-0.2, 0) is 20.9 Å². The first kappa shape index (κ1) is 23.3. The molecule has 166 valence electrons. The number of benzene rings is 2. The molecule has 33 heavy (non-hydrogen) atoms. The predicted molar refractivity (Wildman–Crippen MR) is 124 cm³/mol. The van der Waals surface area contributed by atoms with Crippen molar-refractivity contribution in [1.29, 1.82) is 5.26 Å². The molecule has 0 saturated carbocycles. The number of carbonyl (C=O) groups excluding carboxylic acids is 3. The lowest BCUT2D eigenvalue weighted by Gasteiger charge is -2.06. The quantitative estimate of drug-likeness (QED) is 0.289. The minimum Gasteiger partial charge on any atom is -0.460 e. The Hall–Kier alpha value is -4.35. The SMILES string of the molecule is Cc1ccc(NC(=O)C(=O)NCc2ccc(/C=C(/C#N)C(=O)Nc3cccc(Cl)c3)o2)cc1. The molecule has 0 fully saturated rings. The third kappa shape index (κ3) is 6.82. The Morgan fingerprint density at radius 2 is 1.70 bits per heavy atom. The second-order valence-corrected chi connectivity index (χ2v) is 7.38. The van der Waals surface area contributed by atoms with Gasteiger partial charge in [-0.05, 0) is 49.4 Å². The summed E-state index contributed by atoms with van der Waals surface area (Å²) in [6.45, 7) is 1.86. The van der Waals surface area contributed by atoms with Crippen molar-refractivity contribution >= 4 is 46.8 Å². The molecular weight excluding hydrogens is 444 g/mol. The van der Waals surface area contributed by atoms with Gasteiger partial charge in [-0.2, -0.15) is 5.26 Å². The van der Waals surface area contributed by atoms with Crippen LogP contribution in [0.4, 0.5) is 11.4 Å². The first-order valence-corrected chi connectivity index (χ1v) is 10.1. The van der Waals surface area contributed by atoms with Gasteiger partial charge in [0.1, 0.15) is 23.2 Å². The van der Waals surface area contributed by atoms with E-state index in [1.165, 1.54) is 12.1 Å². The van der Waals surface area contributed by atoms with Gasteiger partial charge in [0.05, 0.1) is 6.54 Å². The molecule has 3 rings (SSSR count). The summed E-state index contributed by atoms with van der Waals surface area (Å²) >= 11 is 5.89. The molecule has 1 heterocycles. The lowest BCUT2D eigenvalue weighted by molar-refractivity contribution is -0.136. The Balaban J connectivity index is 1.56. The minimum atomic E-state index is -0.831. The normalized spacial score (nSPS) is 10.8. The highest BCUT2D eigenvalue weighted by Crippen LogP contribution is 2.17. The number of furan rings is 1. The van der Waals surface area contributed by atoms with E-state index in [4.69, 9.17) is 16.0 Å². The number of hydrogen-bond donors (Lipinski definition) is 3. The molecule has 9 heteroatoms. The fraction of sp³-hybridized carbons (Fsp3) is 0.0833. The van der Waals surface area contributed by atoms with Gasteiger partial charge in [0.15, 0.2) is 0 Å². The molecule has 0 radical (unpaired) electrons. The summed E-state index contributed by atoms with van der Waals surface area (Å²) in [6, 6.07) is 18.5. The standard InChI is InChI=1S/C24H19ClN4O4/c1-15-5-7-18(8-6-15)28-24(32)23(31)27-14-21-10-9-20(33-21)11-16(13-26)22(30)29-19-4-2-3-17(25)12-19/h2-12H,14H2,1H3,(H,27,31)(H,28,32)(H,29,30)/b16-11-. The van der Waals surface area contributed by atoms with Crippen LogP contribution < -0.4 is 16.0 Å². The van der Waals surface area contributed by atoms with Gasteiger partial charge in [-0.1, -0.05) is 35.4 Å². The number of halogens is 1. The maximum atomic E-state index is 12.3. The van der Waals surface area contributed by atoms with Crippen molar-refractivity contribution in [1.82, 2.24) is 5.32 Å². The zero-order valence-corrected chi connectivity index (χ0v) is 18.3. The Morgan fingerprint density at radius 3 is 2.39 bits per heavy atom. The van der Waals surface area contributed by atoms with Crippen LogP contribution in [0.5, 0.6) is 0 Å². The third-order valence-electron chi connectivity index (χ3n) is 4.36. The van der Waals surface area contributed by atoms with Crippen molar-refractivity contribution < 1.29 is 18.8 Å². The average molecular weight is 463 g/mol. The number of nitriles is 1. The van der Waals surface area contributed by atoms with E-state index < -0.39 is 17.7 Å². The van der Waals surface area contributed by atoms with Crippen molar-refractivity contribution in [2.24, 2.45) is 0 Å². The average Bonchev–Trinajstić information content (AvgIpc) is 3.24. The maximum Gasteiger partial charge on any atom is 0.313 e. The maximum absolute atomic E-state index is 12.3. The van der Waals surface area contributed by atoms with E-state index in [1.807, 2.05) is 25.1 Å². The summed E-state index contributed by atoms with van der Waals surface area (Å²) in [4.78, 5) is 36.4. The first-order chi connectivity index (χ1) is 15.8. The third-order valence-corrected chi connectivity index (χ3v) is 4.59. The minimum absolute atomic E-state index is 0.0510. The molecule has 8 nitrogen and oxygen atoms in total. The second-order valence-electron chi connectivity index (χ2n) is 6.94. The summed E-state index contributed by atoms with van der Waals surface area (Å²) in [7, 11) is 0. The van der Waals surface area contributed by atoms with Crippen LogP contribution in [0.25, 0.3) is 6.08 Å². The first-order valence-electron chi connectivity index (χ1n) is 9.77. The molecule has 0 spiro atoms. The Kier molecular flexibility index (Phi) is 7.63. The number of carbonyl (C=O) groups is 3. The summed E-state index contributed by atoms with van der Waals surface area (Å²) in [5.74, 6) is -1.69. The molecule has 0 unspecified atom stereocenters. The predicted octanol–water partition coefficient (Wildman–Crippen LogP) is 4.04. The Morgan fingerprint density at radius 1 is 0.970 bits per heavy atom. The molecule has 0 bridgehead atoms. The topological polar surface area (TPSA) is 124 Å². The van der Waals surface area contributed by atoms with Crippen molar-refractivity contribution in [3.05, 3.63) is 88.3 Å². The van der Waals surface area contributed by atoms with Crippen LogP contribution in [-0.4, -0.2) is 17.7 Å². The van der Waals surface area contributed by atoms with E-state index in [-0.39, 0.29) is 17.9 Å². The molecule has 3 aromatic rings. The van der Waals surface area contributed by atoms with Crippen LogP contribution in [0.1, 0.15) is 17.1 Å². The van der Waals surface area contributed by atoms with Gasteiger partial charge in [0, 0.05) is 22.5 Å². The molecular formula is C24H19ClN4O4. The number of anilines is 2. The van der Waals surface area contributed by atoms with E-state index in [9.17, 15) is 19.6 Å². The van der Waals surface area contributed by atoms with Crippen LogP contribution in [0, 0.1) is 18.3 Å². The van der Waals surface area contributed by atoms with Crippen LogP contribution in [0.15, 0.2) is 70.7 Å². The molecule has 1 aromatic heterocycles. The van der Waals surface area contributed by atoms with Gasteiger partial charge in [-0.3, -0.25) is 14.4 Å². The molecule has 0 aliphatic rings. The van der Waals surface area contributed by atoms with Crippen molar-refractivity contribution in [2.75, 3.05) is 10.6 Å². The fourth-order valence-electron chi connectivity index (χ4n) is 2.70. The summed E-state index contributed by atoms with van der Waals surface area (Å²) in [6.07, 6.45) is 1.27. The van der Waals surface area contributed by atoms with E-state index in [0.717, 1.165) is 5.56 Å². The molecule has 2 aromatic carbocycles. The van der Waals surface area contributed by atoms with Gasteiger partial charge in [0.25, 0.3) is 5.91 Å². The summed E-state index contributed by atoms with van der Waals surface area (Å²) in [5.41, 5.74) is 1.80. The van der Waals surface area contributed by atoms with E-state index in [0.29, 0.717) is 22.2 Å². The number of amides is 3. The highest BCUT2D eigenvalue weighted by Gasteiger charge is 2.15. The van der Waals surface area contributed by atoms with E-state index in [2.05, 4.69) is 16.0 Å². The number of hydrogen-bond acceptors (Lipinski definition) is 5. The van der Waals surface area contributed by atoms with Crippen LogP contribution in [0.3, 0.4) is 0 Å². The van der Waals surface area contributed by atoms with E-state index in [1.54, 1.807) is 42.5 Å². The molecule has 0 atom stereocenters.